The number of hydrogen-bond donors (Lipinski definition) is 4. The van der Waals surface area contributed by atoms with Gasteiger partial charge < -0.3 is 20.8 Å². The normalized spacial score (nSPS) is 9.90. The van der Waals surface area contributed by atoms with Gasteiger partial charge in [-0.15, -0.1) is 0 Å². The molecular weight excluding hydrogens is 278 g/mol. The van der Waals surface area contributed by atoms with Gasteiger partial charge in [-0.25, -0.2) is 4.79 Å². The third kappa shape index (κ3) is 3.38. The largest absolute Gasteiger partial charge is 0.506 e. The highest BCUT2D eigenvalue weighted by atomic mass is 16.6. The summed E-state index contributed by atoms with van der Waals surface area (Å²) in [6.45, 7) is 0. The minimum absolute atomic E-state index is 0.00789. The van der Waals surface area contributed by atoms with E-state index in [1.54, 1.807) is 12.1 Å². The molecule has 0 radical (unpaired) electrons. The van der Waals surface area contributed by atoms with Crippen molar-refractivity contribution in [1.82, 2.24) is 0 Å². The Kier molecular flexibility index (Phi) is 3.89. The third-order valence-corrected chi connectivity index (χ3v) is 2.59. The van der Waals surface area contributed by atoms with E-state index in [2.05, 4.69) is 10.6 Å². The van der Waals surface area contributed by atoms with Gasteiger partial charge in [0.25, 0.3) is 5.69 Å². The summed E-state index contributed by atoms with van der Waals surface area (Å²) in [5.41, 5.74) is -0.0934. The van der Waals surface area contributed by atoms with Gasteiger partial charge in [-0.3, -0.25) is 10.1 Å². The van der Waals surface area contributed by atoms with Gasteiger partial charge in [-0.05, 0) is 18.2 Å². The molecule has 2 aromatic carbocycles. The predicted octanol–water partition coefficient (Wildman–Crippen LogP) is 2.65. The van der Waals surface area contributed by atoms with Crippen LogP contribution < -0.4 is 10.6 Å². The second-order valence-electron chi connectivity index (χ2n) is 4.05. The summed E-state index contributed by atoms with van der Waals surface area (Å²) in [7, 11) is 0. The fourth-order valence-electron chi connectivity index (χ4n) is 1.59. The number of carbonyl (C=O) groups is 1. The molecule has 0 bridgehead atoms. The van der Waals surface area contributed by atoms with E-state index in [1.807, 2.05) is 0 Å². The summed E-state index contributed by atoms with van der Waals surface area (Å²) in [5.74, 6) is -0.544. The first kappa shape index (κ1) is 14.1. The van der Waals surface area contributed by atoms with Gasteiger partial charge in [0, 0.05) is 6.07 Å². The van der Waals surface area contributed by atoms with Gasteiger partial charge in [0.1, 0.15) is 11.5 Å². The maximum absolute atomic E-state index is 11.7. The maximum atomic E-state index is 11.7. The quantitative estimate of drug-likeness (QED) is 0.392. The van der Waals surface area contributed by atoms with E-state index >= 15 is 0 Å². The van der Waals surface area contributed by atoms with Crippen LogP contribution in [0.2, 0.25) is 0 Å². The molecule has 2 aromatic rings. The molecule has 0 heterocycles. The van der Waals surface area contributed by atoms with Crippen LogP contribution in [0.1, 0.15) is 0 Å². The Labute approximate surface area is 118 Å². The van der Waals surface area contributed by atoms with Gasteiger partial charge in [0.05, 0.1) is 22.4 Å². The number of urea groups is 1. The molecule has 0 atom stereocenters. The molecule has 2 amide bonds. The molecule has 8 heteroatoms. The highest BCUT2D eigenvalue weighted by Crippen LogP contribution is 2.28. The highest BCUT2D eigenvalue weighted by molar-refractivity contribution is 6.01. The number of aromatic hydroxyl groups is 2. The molecular formula is C13H11N3O5. The Hall–Kier alpha value is -3.29. The number of carbonyl (C=O) groups excluding carboxylic acids is 1. The summed E-state index contributed by atoms with van der Waals surface area (Å²) in [6.07, 6.45) is 0. The molecule has 0 aliphatic heterocycles. The zero-order chi connectivity index (χ0) is 15.4. The molecule has 8 nitrogen and oxygen atoms in total. The Morgan fingerprint density at radius 3 is 2.19 bits per heavy atom. The minimum atomic E-state index is -0.708. The number of nitrogens with zero attached hydrogens (tertiary/aromatic N) is 1. The molecule has 0 saturated carbocycles. The second kappa shape index (κ2) is 5.78. The van der Waals surface area contributed by atoms with Crippen molar-refractivity contribution < 1.29 is 19.9 Å². The van der Waals surface area contributed by atoms with E-state index in [9.17, 15) is 25.1 Å². The minimum Gasteiger partial charge on any atom is -0.506 e. The van der Waals surface area contributed by atoms with Crippen molar-refractivity contribution in [2.24, 2.45) is 0 Å². The van der Waals surface area contributed by atoms with Crippen molar-refractivity contribution in [3.63, 3.8) is 0 Å². The van der Waals surface area contributed by atoms with Crippen LogP contribution in [0.5, 0.6) is 11.5 Å². The summed E-state index contributed by atoms with van der Waals surface area (Å²) in [5, 5.41) is 34.4. The number of nitrogens with one attached hydrogen (secondary N) is 2. The Morgan fingerprint density at radius 2 is 1.62 bits per heavy atom. The van der Waals surface area contributed by atoms with Crippen molar-refractivity contribution in [2.45, 2.75) is 0 Å². The highest BCUT2D eigenvalue weighted by Gasteiger charge is 2.12. The predicted molar refractivity (Wildman–Crippen MR) is 75.5 cm³/mol. The van der Waals surface area contributed by atoms with Crippen LogP contribution in [0, 0.1) is 10.1 Å². The molecule has 0 aromatic heterocycles. The summed E-state index contributed by atoms with van der Waals surface area (Å²) in [6, 6.07) is 8.69. The standard InChI is InChI=1S/C13H11N3O5/c17-11-4-2-1-3-9(11)14-13(19)15-10-6-5-8(16(20)21)7-12(10)18/h1-7,17-18H,(H2,14,15,19). The van der Waals surface area contributed by atoms with Crippen LogP contribution in [0.3, 0.4) is 0 Å². The number of para-hydroxylation sites is 2. The van der Waals surface area contributed by atoms with Crippen molar-refractivity contribution in [1.29, 1.82) is 0 Å². The number of nitro benzene ring substituents is 1. The number of benzene rings is 2. The Morgan fingerprint density at radius 1 is 1.00 bits per heavy atom. The number of phenolic OH excluding ortho intramolecular Hbond substituents is 2. The lowest BCUT2D eigenvalue weighted by molar-refractivity contribution is -0.384. The van der Waals surface area contributed by atoms with E-state index in [0.717, 1.165) is 12.1 Å². The molecule has 108 valence electrons. The van der Waals surface area contributed by atoms with Crippen LogP contribution in [0.25, 0.3) is 0 Å². The molecule has 0 unspecified atom stereocenters. The van der Waals surface area contributed by atoms with Crippen LogP contribution in [-0.4, -0.2) is 21.2 Å². The molecule has 0 aliphatic carbocycles. The van der Waals surface area contributed by atoms with Crippen LogP contribution in [0.15, 0.2) is 42.5 Å². The van der Waals surface area contributed by atoms with E-state index in [4.69, 9.17) is 0 Å². The van der Waals surface area contributed by atoms with E-state index in [1.165, 1.54) is 18.2 Å². The Balaban J connectivity index is 2.10. The van der Waals surface area contributed by atoms with Crippen molar-refractivity contribution in [3.05, 3.63) is 52.6 Å². The number of rotatable bonds is 3. The molecule has 0 fully saturated rings. The van der Waals surface area contributed by atoms with Gasteiger partial charge in [0.15, 0.2) is 0 Å². The van der Waals surface area contributed by atoms with Gasteiger partial charge in [-0.1, -0.05) is 12.1 Å². The zero-order valence-electron chi connectivity index (χ0n) is 10.6. The first-order valence-corrected chi connectivity index (χ1v) is 5.81. The zero-order valence-corrected chi connectivity index (χ0v) is 10.6. The van der Waals surface area contributed by atoms with Crippen molar-refractivity contribution in [2.75, 3.05) is 10.6 Å². The smallest absolute Gasteiger partial charge is 0.323 e. The average molecular weight is 289 g/mol. The number of amides is 2. The molecule has 4 N–H and O–H groups in total. The topological polar surface area (TPSA) is 125 Å². The number of hydrogen-bond acceptors (Lipinski definition) is 5. The van der Waals surface area contributed by atoms with E-state index in [0.29, 0.717) is 0 Å². The number of phenols is 2. The lowest BCUT2D eigenvalue weighted by atomic mass is 10.2. The number of non-ortho nitro benzene ring substituents is 1. The van der Waals surface area contributed by atoms with Gasteiger partial charge in [0.2, 0.25) is 0 Å². The fraction of sp³-hybridized carbons (Fsp3) is 0. The number of nitro groups is 1. The first-order chi connectivity index (χ1) is 9.97. The lowest BCUT2D eigenvalue weighted by Crippen LogP contribution is -2.19. The molecule has 0 saturated heterocycles. The third-order valence-electron chi connectivity index (χ3n) is 2.59. The molecule has 2 rings (SSSR count). The lowest BCUT2D eigenvalue weighted by Gasteiger charge is -2.09. The molecule has 0 aliphatic rings. The summed E-state index contributed by atoms with van der Waals surface area (Å²) < 4.78 is 0. The van der Waals surface area contributed by atoms with E-state index < -0.39 is 16.7 Å². The van der Waals surface area contributed by atoms with Gasteiger partial charge >= 0.3 is 6.03 Å². The van der Waals surface area contributed by atoms with Crippen molar-refractivity contribution in [3.8, 4) is 11.5 Å². The second-order valence-corrected chi connectivity index (χ2v) is 4.05. The first-order valence-electron chi connectivity index (χ1n) is 5.81. The van der Waals surface area contributed by atoms with Crippen LogP contribution in [-0.2, 0) is 0 Å². The summed E-state index contributed by atoms with van der Waals surface area (Å²) >= 11 is 0. The average Bonchev–Trinajstić information content (AvgIpc) is 2.43. The summed E-state index contributed by atoms with van der Waals surface area (Å²) in [4.78, 5) is 21.6. The maximum Gasteiger partial charge on any atom is 0.323 e. The Bertz CT molecular complexity index is 702. The fourth-order valence-corrected chi connectivity index (χ4v) is 1.59. The van der Waals surface area contributed by atoms with Crippen LogP contribution >= 0.6 is 0 Å². The van der Waals surface area contributed by atoms with E-state index in [-0.39, 0.29) is 22.8 Å². The number of anilines is 2. The van der Waals surface area contributed by atoms with Crippen LogP contribution in [0.4, 0.5) is 21.9 Å². The molecule has 21 heavy (non-hydrogen) atoms. The van der Waals surface area contributed by atoms with Crippen molar-refractivity contribution >= 4 is 23.1 Å². The van der Waals surface area contributed by atoms with Gasteiger partial charge in [-0.2, -0.15) is 0 Å². The molecule has 0 spiro atoms. The monoisotopic (exact) mass is 289 g/mol. The SMILES string of the molecule is O=C(Nc1ccccc1O)Nc1ccc([N+](=O)[O-])cc1O.